The van der Waals surface area contributed by atoms with E-state index < -0.39 is 22.1 Å². The largest absolute Gasteiger partial charge is 0.329 e. The lowest BCUT2D eigenvalue weighted by Gasteiger charge is -2.22. The van der Waals surface area contributed by atoms with Crippen molar-refractivity contribution in [3.8, 4) is 0 Å². The molecule has 1 aromatic rings. The average Bonchev–Trinajstić information content (AvgIpc) is 3.06. The molecule has 8 heteroatoms. The van der Waals surface area contributed by atoms with Crippen molar-refractivity contribution in [2.24, 2.45) is 0 Å². The predicted molar refractivity (Wildman–Crippen MR) is 83.3 cm³/mol. The van der Waals surface area contributed by atoms with Crippen LogP contribution in [0.3, 0.4) is 0 Å². The summed E-state index contributed by atoms with van der Waals surface area (Å²) in [6.07, 6.45) is 0.462. The van der Waals surface area contributed by atoms with Crippen molar-refractivity contribution in [1.29, 1.82) is 0 Å². The SMILES string of the molecule is Cc1ccc(S(=O)(=O)N2CCC(N3C(=O)CNC3=O)C2)c(C)c1. The lowest BCUT2D eigenvalue weighted by Crippen LogP contribution is -2.42. The molecule has 0 aromatic heterocycles. The summed E-state index contributed by atoms with van der Waals surface area (Å²) in [6.45, 7) is 4.11. The molecule has 0 radical (unpaired) electrons. The van der Waals surface area contributed by atoms with Gasteiger partial charge in [0.15, 0.2) is 0 Å². The molecular formula is C15H19N3O4S. The Balaban J connectivity index is 1.83. The Bertz CT molecular complexity index is 759. The minimum Gasteiger partial charge on any atom is -0.329 e. The van der Waals surface area contributed by atoms with Gasteiger partial charge in [0.2, 0.25) is 15.9 Å². The number of aryl methyl sites for hydroxylation is 2. The van der Waals surface area contributed by atoms with E-state index in [1.807, 2.05) is 13.0 Å². The highest BCUT2D eigenvalue weighted by Crippen LogP contribution is 2.26. The molecule has 0 saturated carbocycles. The summed E-state index contributed by atoms with van der Waals surface area (Å²) in [5.74, 6) is -0.300. The van der Waals surface area contributed by atoms with Crippen LogP contribution < -0.4 is 5.32 Å². The first-order chi connectivity index (χ1) is 10.8. The third kappa shape index (κ3) is 2.72. The maximum atomic E-state index is 12.8. The number of nitrogens with one attached hydrogen (secondary N) is 1. The first-order valence-corrected chi connectivity index (χ1v) is 8.92. The van der Waals surface area contributed by atoms with Gasteiger partial charge in [-0.25, -0.2) is 13.2 Å². The number of rotatable bonds is 3. The van der Waals surface area contributed by atoms with Gasteiger partial charge in [-0.15, -0.1) is 0 Å². The first kappa shape index (κ1) is 15.9. The highest BCUT2D eigenvalue weighted by molar-refractivity contribution is 7.89. The van der Waals surface area contributed by atoms with Gasteiger partial charge in [-0.1, -0.05) is 17.7 Å². The maximum Gasteiger partial charge on any atom is 0.324 e. The van der Waals surface area contributed by atoms with E-state index in [4.69, 9.17) is 0 Å². The fourth-order valence-corrected chi connectivity index (χ4v) is 4.87. The second-order valence-electron chi connectivity index (χ2n) is 6.00. The van der Waals surface area contributed by atoms with Gasteiger partial charge >= 0.3 is 6.03 Å². The quantitative estimate of drug-likeness (QED) is 0.819. The Kier molecular flexibility index (Phi) is 3.89. The summed E-state index contributed by atoms with van der Waals surface area (Å²) in [4.78, 5) is 24.9. The average molecular weight is 337 g/mol. The van der Waals surface area contributed by atoms with Crippen LogP contribution in [0.2, 0.25) is 0 Å². The molecule has 2 aliphatic heterocycles. The van der Waals surface area contributed by atoms with E-state index in [-0.39, 0.29) is 23.9 Å². The zero-order chi connectivity index (χ0) is 16.8. The summed E-state index contributed by atoms with van der Waals surface area (Å²) in [7, 11) is -3.62. The van der Waals surface area contributed by atoms with Gasteiger partial charge in [0, 0.05) is 13.1 Å². The van der Waals surface area contributed by atoms with Gasteiger partial charge in [0.1, 0.15) is 0 Å². The number of hydrogen-bond acceptors (Lipinski definition) is 4. The molecule has 2 aliphatic rings. The molecule has 2 fully saturated rings. The fraction of sp³-hybridized carbons (Fsp3) is 0.467. The standard InChI is InChI=1S/C15H19N3O4S/c1-10-3-4-13(11(2)7-10)23(21,22)17-6-5-12(9-17)18-14(19)8-16-15(18)20/h3-4,7,12H,5-6,8-9H2,1-2H3,(H,16,20). The number of urea groups is 1. The summed E-state index contributed by atoms with van der Waals surface area (Å²) >= 11 is 0. The molecule has 3 rings (SSSR count). The van der Waals surface area contributed by atoms with Gasteiger partial charge < -0.3 is 5.32 Å². The van der Waals surface area contributed by atoms with Crippen molar-refractivity contribution >= 4 is 22.0 Å². The topological polar surface area (TPSA) is 86.8 Å². The second-order valence-corrected chi connectivity index (χ2v) is 7.90. The number of nitrogens with zero attached hydrogens (tertiary/aromatic N) is 2. The summed E-state index contributed by atoms with van der Waals surface area (Å²) in [5, 5.41) is 2.47. The second kappa shape index (κ2) is 5.61. The number of carbonyl (C=O) groups is 2. The summed E-state index contributed by atoms with van der Waals surface area (Å²) < 4.78 is 27.0. The van der Waals surface area contributed by atoms with E-state index in [2.05, 4.69) is 5.32 Å². The van der Waals surface area contributed by atoms with Crippen LogP contribution >= 0.6 is 0 Å². The van der Waals surface area contributed by atoms with Gasteiger partial charge in [0.05, 0.1) is 17.5 Å². The molecule has 1 atom stereocenters. The van der Waals surface area contributed by atoms with E-state index >= 15 is 0 Å². The molecule has 0 aliphatic carbocycles. The minimum absolute atomic E-state index is 0.0147. The Morgan fingerprint density at radius 1 is 1.22 bits per heavy atom. The number of hydrogen-bond donors (Lipinski definition) is 1. The zero-order valence-electron chi connectivity index (χ0n) is 13.1. The molecule has 1 aromatic carbocycles. The van der Waals surface area contributed by atoms with Crippen molar-refractivity contribution in [3.63, 3.8) is 0 Å². The number of sulfonamides is 1. The Morgan fingerprint density at radius 2 is 1.96 bits per heavy atom. The van der Waals surface area contributed by atoms with Crippen molar-refractivity contribution in [3.05, 3.63) is 29.3 Å². The fourth-order valence-electron chi connectivity index (χ4n) is 3.17. The van der Waals surface area contributed by atoms with E-state index in [0.29, 0.717) is 18.5 Å². The van der Waals surface area contributed by atoms with Crippen molar-refractivity contribution in [2.75, 3.05) is 19.6 Å². The number of benzene rings is 1. The van der Waals surface area contributed by atoms with Gasteiger partial charge in [0.25, 0.3) is 0 Å². The van der Waals surface area contributed by atoms with Crippen molar-refractivity contribution in [2.45, 2.75) is 31.2 Å². The van der Waals surface area contributed by atoms with E-state index in [0.717, 1.165) is 10.5 Å². The summed E-state index contributed by atoms with van der Waals surface area (Å²) in [5.41, 5.74) is 1.70. The lowest BCUT2D eigenvalue weighted by atomic mass is 10.2. The van der Waals surface area contributed by atoms with E-state index in [9.17, 15) is 18.0 Å². The summed E-state index contributed by atoms with van der Waals surface area (Å²) in [6, 6.07) is 4.38. The van der Waals surface area contributed by atoms with E-state index in [1.165, 1.54) is 4.31 Å². The third-order valence-electron chi connectivity index (χ3n) is 4.32. The van der Waals surface area contributed by atoms with Gasteiger partial charge in [-0.2, -0.15) is 4.31 Å². The zero-order valence-corrected chi connectivity index (χ0v) is 13.9. The van der Waals surface area contributed by atoms with Crippen molar-refractivity contribution < 1.29 is 18.0 Å². The molecule has 2 saturated heterocycles. The molecule has 124 valence electrons. The molecular weight excluding hydrogens is 318 g/mol. The molecule has 7 nitrogen and oxygen atoms in total. The van der Waals surface area contributed by atoms with Crippen molar-refractivity contribution in [1.82, 2.24) is 14.5 Å². The molecule has 0 bridgehead atoms. The number of imide groups is 1. The Hall–Kier alpha value is -1.93. The molecule has 23 heavy (non-hydrogen) atoms. The molecule has 1 unspecified atom stereocenters. The van der Waals surface area contributed by atoms with Crippen LogP contribution in [-0.4, -0.2) is 55.2 Å². The molecule has 1 N–H and O–H groups in total. The van der Waals surface area contributed by atoms with Crippen LogP contribution in [0, 0.1) is 13.8 Å². The predicted octanol–water partition coefficient (Wildman–Crippen LogP) is 0.618. The Morgan fingerprint density at radius 3 is 2.57 bits per heavy atom. The van der Waals surface area contributed by atoms with Crippen LogP contribution in [-0.2, 0) is 14.8 Å². The first-order valence-electron chi connectivity index (χ1n) is 7.48. The monoisotopic (exact) mass is 337 g/mol. The molecule has 0 spiro atoms. The third-order valence-corrected chi connectivity index (χ3v) is 6.34. The lowest BCUT2D eigenvalue weighted by molar-refractivity contribution is -0.126. The molecule has 3 amide bonds. The highest BCUT2D eigenvalue weighted by Gasteiger charge is 2.42. The van der Waals surface area contributed by atoms with Gasteiger partial charge in [-0.05, 0) is 31.9 Å². The normalized spacial score (nSPS) is 22.7. The highest BCUT2D eigenvalue weighted by atomic mass is 32.2. The van der Waals surface area contributed by atoms with Gasteiger partial charge in [-0.3, -0.25) is 9.69 Å². The molecule has 2 heterocycles. The van der Waals surface area contributed by atoms with Crippen LogP contribution in [0.5, 0.6) is 0 Å². The Labute approximate surface area is 135 Å². The van der Waals surface area contributed by atoms with Crippen LogP contribution in [0.4, 0.5) is 4.79 Å². The van der Waals surface area contributed by atoms with Crippen LogP contribution in [0.15, 0.2) is 23.1 Å². The number of amides is 3. The van der Waals surface area contributed by atoms with E-state index in [1.54, 1.807) is 19.1 Å². The van der Waals surface area contributed by atoms with Crippen LogP contribution in [0.25, 0.3) is 0 Å². The van der Waals surface area contributed by atoms with Crippen LogP contribution in [0.1, 0.15) is 17.5 Å². The number of carbonyl (C=O) groups excluding carboxylic acids is 2. The minimum atomic E-state index is -3.62. The smallest absolute Gasteiger partial charge is 0.324 e. The maximum absolute atomic E-state index is 12.8.